The fourth-order valence-electron chi connectivity index (χ4n) is 2.35. The second kappa shape index (κ2) is 18.3. The number of rotatable bonds is 4. The second-order valence-electron chi connectivity index (χ2n) is 7.98. The second-order valence-corrected chi connectivity index (χ2v) is 14.0. The fourth-order valence-corrected chi connectivity index (χ4v) is 4.73. The molecule has 3 aromatic carbocycles. The highest BCUT2D eigenvalue weighted by Crippen LogP contribution is 2.23. The zero-order valence-corrected chi connectivity index (χ0v) is 27.7. The minimum atomic E-state index is -4.07. The van der Waals surface area contributed by atoms with Crippen LogP contribution in [0.2, 0.25) is 6.82 Å². The van der Waals surface area contributed by atoms with Crippen LogP contribution < -0.4 is 15.4 Å². The molecule has 0 aromatic heterocycles. The van der Waals surface area contributed by atoms with Crippen LogP contribution in [-0.4, -0.2) is 42.4 Å². The summed E-state index contributed by atoms with van der Waals surface area (Å²) >= 11 is 5.47. The highest BCUT2D eigenvalue weighted by Gasteiger charge is 2.17. The lowest BCUT2D eigenvalue weighted by atomic mass is 9.99. The molecule has 23 heteroatoms. The molecule has 0 aliphatic carbocycles. The largest absolute Gasteiger partial charge is 0.448 e. The highest BCUT2D eigenvalue weighted by molar-refractivity contribution is 9.10. The van der Waals surface area contributed by atoms with E-state index in [4.69, 9.17) is 15.2 Å². The number of hydrogen-bond donors (Lipinski definition) is 5. The van der Waals surface area contributed by atoms with Crippen molar-refractivity contribution in [2.75, 3.05) is 0 Å². The predicted octanol–water partition coefficient (Wildman–Crippen LogP) is 3.53. The topological polar surface area (TPSA) is 221 Å². The molecule has 0 unspecified atom stereocenters. The van der Waals surface area contributed by atoms with E-state index in [-0.39, 0.29) is 23.9 Å². The summed E-state index contributed by atoms with van der Waals surface area (Å²) in [5, 5.41) is 29.3. The van der Waals surface area contributed by atoms with Crippen LogP contribution in [-0.2, 0) is 35.4 Å². The summed E-state index contributed by atoms with van der Waals surface area (Å²) in [6.45, 7) is 2.48. The predicted molar refractivity (Wildman–Crippen MR) is 161 cm³/mol. The molecule has 45 heavy (non-hydrogen) atoms. The third-order valence-corrected chi connectivity index (χ3v) is 8.44. The van der Waals surface area contributed by atoms with E-state index >= 15 is 0 Å². The molecule has 0 atom stereocenters. The van der Waals surface area contributed by atoms with E-state index in [0.717, 1.165) is 0 Å². The Kier molecular flexibility index (Phi) is 18.3. The zero-order valence-electron chi connectivity index (χ0n) is 22.1. The molecule has 0 saturated carbocycles. The summed E-state index contributed by atoms with van der Waals surface area (Å²) in [4.78, 5) is -1.73. The normalized spacial score (nSPS) is 11.0. The molecule has 0 spiro atoms. The van der Waals surface area contributed by atoms with Crippen LogP contribution in [0.25, 0.3) is 0 Å². The van der Waals surface area contributed by atoms with Gasteiger partial charge in [-0.25, -0.2) is 67.0 Å². The Labute approximate surface area is 273 Å². The standard InChI is InChI=1S/C7H6BrF2NO2S.C7H7F2NO2S.C6H4BrF2NO2S.CH5BO2.CH4/c8-3-5-6(9)1-4(2-7(5)10)14(11,12)13;1-4-6(8)2-5(3-7(4)9)13(10,11)12;7-6-4(8)1-3(2-5(6)9)13(10,11)12;1-2(3)4;/h1-2H,3H2,(H2,11,12,13);2-3H,1H3,(H2,10,11,12);1-2H,(H2,10,11,12);3-4H,1H3;1H4. The number of hydrogen-bond acceptors (Lipinski definition) is 8. The monoisotopic (exact) mass is 839 g/mol. The molecule has 8 N–H and O–H groups in total. The van der Waals surface area contributed by atoms with Gasteiger partial charge in [-0.1, -0.05) is 23.4 Å². The molecule has 0 fully saturated rings. The molecule has 0 amide bonds. The van der Waals surface area contributed by atoms with Gasteiger partial charge < -0.3 is 10.0 Å². The van der Waals surface area contributed by atoms with Gasteiger partial charge >= 0.3 is 7.12 Å². The molecule has 0 aliphatic heterocycles. The van der Waals surface area contributed by atoms with Crippen molar-refractivity contribution in [2.24, 2.45) is 15.4 Å². The Morgan fingerprint density at radius 1 is 0.644 bits per heavy atom. The van der Waals surface area contributed by atoms with E-state index < -0.39 is 91.3 Å². The smallest absolute Gasteiger partial charge is 0.427 e. The molecule has 0 saturated heterocycles. The van der Waals surface area contributed by atoms with Gasteiger partial charge in [-0.2, -0.15) is 0 Å². The van der Waals surface area contributed by atoms with E-state index in [9.17, 15) is 51.6 Å². The van der Waals surface area contributed by atoms with Crippen LogP contribution >= 0.6 is 31.9 Å². The van der Waals surface area contributed by atoms with Crippen molar-refractivity contribution in [1.82, 2.24) is 0 Å². The van der Waals surface area contributed by atoms with Gasteiger partial charge in [0.2, 0.25) is 30.1 Å². The third kappa shape index (κ3) is 15.4. The maximum atomic E-state index is 13.1. The van der Waals surface area contributed by atoms with Crippen molar-refractivity contribution in [3.8, 4) is 0 Å². The number of benzene rings is 3. The van der Waals surface area contributed by atoms with Gasteiger partial charge in [0.25, 0.3) is 0 Å². The maximum Gasteiger partial charge on any atom is 0.448 e. The van der Waals surface area contributed by atoms with Crippen LogP contribution in [0.4, 0.5) is 26.3 Å². The molecular formula is C22H26BBr2F6N3O8S3. The SMILES string of the molecule is C.CB(O)O.Cc1c(F)cc(S(N)(=O)=O)cc1F.NS(=O)(=O)c1cc(F)c(Br)c(F)c1.NS(=O)(=O)c1cc(F)c(CBr)c(F)c1. The number of primary sulfonamides is 3. The molecule has 0 heterocycles. The maximum absolute atomic E-state index is 13.1. The average Bonchev–Trinajstić information content (AvgIpc) is 2.84. The lowest BCUT2D eigenvalue weighted by molar-refractivity contribution is 0.417. The molecule has 3 aromatic rings. The molecule has 11 nitrogen and oxygen atoms in total. The van der Waals surface area contributed by atoms with Crippen molar-refractivity contribution >= 4 is 69.0 Å². The van der Waals surface area contributed by atoms with Crippen molar-refractivity contribution in [1.29, 1.82) is 0 Å². The Bertz CT molecular complexity index is 1670. The first-order chi connectivity index (χ1) is 19.7. The molecule has 0 radical (unpaired) electrons. The van der Waals surface area contributed by atoms with E-state index in [0.29, 0.717) is 36.4 Å². The first kappa shape index (κ1) is 45.0. The van der Waals surface area contributed by atoms with E-state index in [1.165, 1.54) is 13.7 Å². The summed E-state index contributed by atoms with van der Waals surface area (Å²) < 4.78 is 141. The van der Waals surface area contributed by atoms with Crippen LogP contribution in [0.5, 0.6) is 0 Å². The quantitative estimate of drug-likeness (QED) is 0.113. The first-order valence-electron chi connectivity index (χ1n) is 10.8. The first-order valence-corrected chi connectivity index (χ1v) is 17.4. The Hall–Kier alpha value is -2.09. The van der Waals surface area contributed by atoms with Gasteiger partial charge in [-0.05, 0) is 66.1 Å². The average molecular weight is 841 g/mol. The summed E-state index contributed by atoms with van der Waals surface area (Å²) in [5.41, 5.74) is -0.454. The van der Waals surface area contributed by atoms with E-state index in [1.54, 1.807) is 0 Å². The van der Waals surface area contributed by atoms with Crippen molar-refractivity contribution < 1.29 is 61.6 Å². The van der Waals surface area contributed by atoms with Crippen molar-refractivity contribution in [2.45, 2.75) is 41.2 Å². The van der Waals surface area contributed by atoms with Crippen molar-refractivity contribution in [3.63, 3.8) is 0 Å². The van der Waals surface area contributed by atoms with Crippen LogP contribution in [0.1, 0.15) is 18.6 Å². The summed E-state index contributed by atoms with van der Waals surface area (Å²) in [5.74, 6) is -5.75. The highest BCUT2D eigenvalue weighted by atomic mass is 79.9. The molecule has 3 rings (SSSR count). The fraction of sp³-hybridized carbons (Fsp3) is 0.182. The third-order valence-electron chi connectivity index (χ3n) is 4.45. The van der Waals surface area contributed by atoms with Crippen LogP contribution in [0.15, 0.2) is 55.6 Å². The van der Waals surface area contributed by atoms with Gasteiger partial charge in [-0.3, -0.25) is 0 Å². The van der Waals surface area contributed by atoms with Gasteiger partial charge in [0.15, 0.2) is 0 Å². The number of halogens is 8. The summed E-state index contributed by atoms with van der Waals surface area (Å²) in [6.07, 6.45) is 0. The lowest BCUT2D eigenvalue weighted by Crippen LogP contribution is -2.13. The number of sulfonamides is 3. The minimum absolute atomic E-state index is 0. The molecular weight excluding hydrogens is 815 g/mol. The summed E-state index contributed by atoms with van der Waals surface area (Å²) in [7, 11) is -13.3. The van der Waals surface area contributed by atoms with Gasteiger partial charge in [0.1, 0.15) is 34.9 Å². The molecule has 0 aliphatic rings. The Balaban J connectivity index is 0. The van der Waals surface area contributed by atoms with Crippen molar-refractivity contribution in [3.05, 3.63) is 86.9 Å². The van der Waals surface area contributed by atoms with Crippen LogP contribution in [0, 0.1) is 41.8 Å². The number of nitrogens with two attached hydrogens (primary N) is 3. The van der Waals surface area contributed by atoms with E-state index in [2.05, 4.69) is 42.1 Å². The van der Waals surface area contributed by atoms with Crippen LogP contribution in [0.3, 0.4) is 0 Å². The molecule has 254 valence electrons. The van der Waals surface area contributed by atoms with Gasteiger partial charge in [0.05, 0.1) is 19.2 Å². The van der Waals surface area contributed by atoms with Gasteiger partial charge in [0, 0.05) is 16.5 Å². The number of alkyl halides is 1. The Morgan fingerprint density at radius 3 is 1.09 bits per heavy atom. The Morgan fingerprint density at radius 2 is 0.867 bits per heavy atom. The minimum Gasteiger partial charge on any atom is -0.427 e. The lowest BCUT2D eigenvalue weighted by Gasteiger charge is -2.03. The van der Waals surface area contributed by atoms with E-state index in [1.807, 2.05) is 0 Å². The van der Waals surface area contributed by atoms with Gasteiger partial charge in [-0.15, -0.1) is 0 Å². The molecule has 0 bridgehead atoms. The summed E-state index contributed by atoms with van der Waals surface area (Å²) in [6, 6.07) is 4.04. The zero-order chi connectivity index (χ0) is 35.0.